The van der Waals surface area contributed by atoms with Gasteiger partial charge in [-0.05, 0) is 18.6 Å². The number of rotatable bonds is 1. The third kappa shape index (κ3) is 1.64. The Bertz CT molecular complexity index is 380. The summed E-state index contributed by atoms with van der Waals surface area (Å²) in [5.74, 6) is -0.519. The maximum Gasteiger partial charge on any atom is 0.356 e. The summed E-state index contributed by atoms with van der Waals surface area (Å²) in [6.07, 6.45) is 1.41. The van der Waals surface area contributed by atoms with Crippen LogP contribution >= 0.6 is 0 Å². The number of hydrogen-bond donors (Lipinski definition) is 0. The highest BCUT2D eigenvalue weighted by Crippen LogP contribution is 2.10. The van der Waals surface area contributed by atoms with Gasteiger partial charge in [-0.15, -0.1) is 0 Å². The summed E-state index contributed by atoms with van der Waals surface area (Å²) in [7, 11) is 1.28. The van der Waals surface area contributed by atoms with E-state index in [1.54, 1.807) is 13.0 Å². The predicted molar refractivity (Wildman–Crippen MR) is 45.0 cm³/mol. The maximum absolute atomic E-state index is 11.1. The fourth-order valence-corrected chi connectivity index (χ4v) is 0.959. The molecule has 0 amide bonds. The van der Waals surface area contributed by atoms with Gasteiger partial charge >= 0.3 is 5.97 Å². The van der Waals surface area contributed by atoms with Crippen LogP contribution in [0.5, 0.6) is 0 Å². The van der Waals surface area contributed by atoms with E-state index < -0.39 is 5.97 Å². The molecule has 1 rings (SSSR count). The molecule has 4 nitrogen and oxygen atoms in total. The fourth-order valence-electron chi connectivity index (χ4n) is 0.959. The number of aromatic nitrogens is 1. The Morgan fingerprint density at radius 1 is 1.69 bits per heavy atom. The van der Waals surface area contributed by atoms with Crippen molar-refractivity contribution in [3.8, 4) is 6.07 Å². The molecule has 4 heteroatoms. The Balaban J connectivity index is 3.25. The largest absolute Gasteiger partial charge is 0.464 e. The van der Waals surface area contributed by atoms with Crippen molar-refractivity contribution in [2.75, 3.05) is 7.11 Å². The lowest BCUT2D eigenvalue weighted by Crippen LogP contribution is -2.07. The van der Waals surface area contributed by atoms with E-state index in [9.17, 15) is 4.79 Å². The molecule has 1 heterocycles. The molecule has 1 aromatic rings. The molecule has 0 fully saturated rings. The zero-order valence-corrected chi connectivity index (χ0v) is 7.37. The highest BCUT2D eigenvalue weighted by atomic mass is 16.5. The van der Waals surface area contributed by atoms with Crippen LogP contribution in [0.2, 0.25) is 0 Å². The molecule has 1 aromatic heterocycles. The first-order valence-electron chi connectivity index (χ1n) is 3.64. The molecule has 0 aliphatic rings. The average Bonchev–Trinajstić information content (AvgIpc) is 2.17. The minimum absolute atomic E-state index is 0.196. The van der Waals surface area contributed by atoms with Gasteiger partial charge in [0, 0.05) is 6.20 Å². The number of hydrogen-bond acceptors (Lipinski definition) is 4. The van der Waals surface area contributed by atoms with E-state index in [4.69, 9.17) is 5.26 Å². The van der Waals surface area contributed by atoms with Gasteiger partial charge in [-0.25, -0.2) is 9.78 Å². The van der Waals surface area contributed by atoms with Crippen molar-refractivity contribution in [1.29, 1.82) is 5.26 Å². The second-order valence-corrected chi connectivity index (χ2v) is 2.44. The van der Waals surface area contributed by atoms with E-state index in [0.29, 0.717) is 11.1 Å². The number of carbonyl (C=O) groups is 1. The number of esters is 1. The molecule has 0 aliphatic carbocycles. The van der Waals surface area contributed by atoms with Crippen LogP contribution in [0.25, 0.3) is 0 Å². The van der Waals surface area contributed by atoms with Crippen LogP contribution in [-0.2, 0) is 4.74 Å². The summed E-state index contributed by atoms with van der Waals surface area (Å²) >= 11 is 0. The van der Waals surface area contributed by atoms with Gasteiger partial charge in [-0.1, -0.05) is 0 Å². The molecule has 0 atom stereocenters. The SMILES string of the molecule is COC(=O)c1nccc(C#N)c1C. The van der Waals surface area contributed by atoms with E-state index >= 15 is 0 Å². The number of carbonyl (C=O) groups excluding carboxylic acids is 1. The minimum atomic E-state index is -0.519. The van der Waals surface area contributed by atoms with Crippen LogP contribution in [0.1, 0.15) is 21.6 Å². The normalized spacial score (nSPS) is 9.00. The van der Waals surface area contributed by atoms with Gasteiger partial charge in [0.1, 0.15) is 0 Å². The average molecular weight is 176 g/mol. The van der Waals surface area contributed by atoms with Crippen molar-refractivity contribution in [1.82, 2.24) is 4.98 Å². The maximum atomic E-state index is 11.1. The van der Waals surface area contributed by atoms with Crippen LogP contribution in [0.4, 0.5) is 0 Å². The zero-order valence-electron chi connectivity index (χ0n) is 7.37. The van der Waals surface area contributed by atoms with Crippen LogP contribution < -0.4 is 0 Å². The lowest BCUT2D eigenvalue weighted by atomic mass is 10.1. The second-order valence-electron chi connectivity index (χ2n) is 2.44. The molecular weight excluding hydrogens is 168 g/mol. The van der Waals surface area contributed by atoms with Crippen LogP contribution in [0.3, 0.4) is 0 Å². The monoisotopic (exact) mass is 176 g/mol. The highest BCUT2D eigenvalue weighted by Gasteiger charge is 2.12. The van der Waals surface area contributed by atoms with Gasteiger partial charge in [0.15, 0.2) is 5.69 Å². The molecule has 66 valence electrons. The predicted octanol–water partition coefficient (Wildman–Crippen LogP) is 1.05. The Hall–Kier alpha value is -1.89. The molecule has 0 unspecified atom stereocenters. The molecule has 0 saturated heterocycles. The standard InChI is InChI=1S/C9H8N2O2/c1-6-7(5-10)3-4-11-8(6)9(12)13-2/h3-4H,1-2H3. The van der Waals surface area contributed by atoms with Crippen molar-refractivity contribution < 1.29 is 9.53 Å². The Labute approximate surface area is 75.8 Å². The van der Waals surface area contributed by atoms with Crippen molar-refractivity contribution in [2.45, 2.75) is 6.92 Å². The number of nitrogens with zero attached hydrogens (tertiary/aromatic N) is 2. The van der Waals surface area contributed by atoms with Gasteiger partial charge in [0.25, 0.3) is 0 Å². The second kappa shape index (κ2) is 3.68. The summed E-state index contributed by atoms with van der Waals surface area (Å²) in [6.45, 7) is 1.66. The van der Waals surface area contributed by atoms with Crippen molar-refractivity contribution in [3.05, 3.63) is 29.1 Å². The molecule has 0 radical (unpaired) electrons. The molecule has 0 aromatic carbocycles. The number of ether oxygens (including phenoxy) is 1. The van der Waals surface area contributed by atoms with Gasteiger partial charge in [0.2, 0.25) is 0 Å². The van der Waals surface area contributed by atoms with Crippen LogP contribution in [0, 0.1) is 18.3 Å². The van der Waals surface area contributed by atoms with Gasteiger partial charge in [-0.2, -0.15) is 5.26 Å². The summed E-state index contributed by atoms with van der Waals surface area (Å²) in [5, 5.41) is 8.67. The minimum Gasteiger partial charge on any atom is -0.464 e. The van der Waals surface area contributed by atoms with Gasteiger partial charge < -0.3 is 4.74 Å². The summed E-state index contributed by atoms with van der Waals surface area (Å²) in [4.78, 5) is 14.9. The lowest BCUT2D eigenvalue weighted by Gasteiger charge is -2.02. The Kier molecular flexibility index (Phi) is 2.60. The molecular formula is C9H8N2O2. The molecule has 0 spiro atoms. The number of nitriles is 1. The lowest BCUT2D eigenvalue weighted by molar-refractivity contribution is 0.0593. The fraction of sp³-hybridized carbons (Fsp3) is 0.222. The molecule has 0 aliphatic heterocycles. The number of pyridine rings is 1. The molecule has 0 saturated carbocycles. The van der Waals surface area contributed by atoms with Crippen molar-refractivity contribution >= 4 is 5.97 Å². The molecule has 0 N–H and O–H groups in total. The summed E-state index contributed by atoms with van der Waals surface area (Å²) in [5.41, 5.74) is 1.19. The summed E-state index contributed by atoms with van der Waals surface area (Å²) in [6, 6.07) is 3.52. The van der Waals surface area contributed by atoms with Gasteiger partial charge in [-0.3, -0.25) is 0 Å². The van der Waals surface area contributed by atoms with Crippen LogP contribution in [0.15, 0.2) is 12.3 Å². The molecule has 13 heavy (non-hydrogen) atoms. The quantitative estimate of drug-likeness (QED) is 0.600. The smallest absolute Gasteiger partial charge is 0.356 e. The van der Waals surface area contributed by atoms with Crippen molar-refractivity contribution in [3.63, 3.8) is 0 Å². The zero-order chi connectivity index (χ0) is 9.84. The third-order valence-corrected chi connectivity index (χ3v) is 1.70. The van der Waals surface area contributed by atoms with E-state index in [1.807, 2.05) is 6.07 Å². The topological polar surface area (TPSA) is 63.0 Å². The van der Waals surface area contributed by atoms with Crippen LogP contribution in [-0.4, -0.2) is 18.1 Å². The van der Waals surface area contributed by atoms with E-state index in [1.165, 1.54) is 13.3 Å². The summed E-state index contributed by atoms with van der Waals surface area (Å²) < 4.78 is 4.51. The first kappa shape index (κ1) is 9.20. The first-order valence-corrected chi connectivity index (χ1v) is 3.64. The molecule has 0 bridgehead atoms. The van der Waals surface area contributed by atoms with E-state index in [2.05, 4.69) is 9.72 Å². The Morgan fingerprint density at radius 2 is 2.38 bits per heavy atom. The first-order chi connectivity index (χ1) is 6.20. The highest BCUT2D eigenvalue weighted by molar-refractivity contribution is 5.89. The van der Waals surface area contributed by atoms with E-state index in [0.717, 1.165) is 0 Å². The van der Waals surface area contributed by atoms with Gasteiger partial charge in [0.05, 0.1) is 18.7 Å². The Morgan fingerprint density at radius 3 is 2.92 bits per heavy atom. The third-order valence-electron chi connectivity index (χ3n) is 1.70. The van der Waals surface area contributed by atoms with Crippen molar-refractivity contribution in [2.24, 2.45) is 0 Å². The van der Waals surface area contributed by atoms with E-state index in [-0.39, 0.29) is 5.69 Å². The number of methoxy groups -OCH3 is 1.